The number of benzene rings is 3. The molecule has 0 saturated carbocycles. The smallest absolute Gasteiger partial charge is 0.336 e. The maximum Gasteiger partial charge on any atom is 0.336 e. The molecule has 1 aliphatic rings. The predicted molar refractivity (Wildman–Crippen MR) is 127 cm³/mol. The highest BCUT2D eigenvalue weighted by Crippen LogP contribution is 2.35. The number of amidine groups is 1. The van der Waals surface area contributed by atoms with E-state index in [0.29, 0.717) is 17.1 Å². The Hall–Kier alpha value is -4.25. The molecule has 0 aliphatic carbocycles. The highest BCUT2D eigenvalue weighted by Gasteiger charge is 2.33. The maximum absolute atomic E-state index is 13.1. The number of amides is 1. The first-order chi connectivity index (χ1) is 15.5. The first-order valence-electron chi connectivity index (χ1n) is 10.3. The summed E-state index contributed by atoms with van der Waals surface area (Å²) in [6.07, 6.45) is 1.85. The summed E-state index contributed by atoms with van der Waals surface area (Å²) in [4.78, 5) is 31.2. The molecule has 0 bridgehead atoms. The lowest BCUT2D eigenvalue weighted by molar-refractivity contribution is -0.113. The van der Waals surface area contributed by atoms with E-state index in [0.717, 1.165) is 33.3 Å². The van der Waals surface area contributed by atoms with Gasteiger partial charge in [0.1, 0.15) is 17.1 Å². The third-order valence-corrected chi connectivity index (χ3v) is 5.52. The summed E-state index contributed by atoms with van der Waals surface area (Å²) in [5, 5.41) is 0.816. The van der Waals surface area contributed by atoms with E-state index in [4.69, 9.17) is 4.42 Å². The van der Waals surface area contributed by atoms with Crippen LogP contribution in [0.15, 0.2) is 98.8 Å². The Morgan fingerprint density at radius 2 is 1.53 bits per heavy atom. The van der Waals surface area contributed by atoms with Crippen molar-refractivity contribution >= 4 is 34.5 Å². The zero-order chi connectivity index (χ0) is 22.2. The Balaban J connectivity index is 1.76. The minimum Gasteiger partial charge on any atom is -0.423 e. The van der Waals surface area contributed by atoms with E-state index >= 15 is 0 Å². The molecule has 5 heteroatoms. The van der Waals surface area contributed by atoms with Gasteiger partial charge < -0.3 is 4.42 Å². The molecule has 1 amide bonds. The second-order valence-electron chi connectivity index (χ2n) is 7.77. The summed E-state index contributed by atoms with van der Waals surface area (Å²) in [6.45, 7) is 3.81. The fourth-order valence-electron chi connectivity index (χ4n) is 3.97. The maximum atomic E-state index is 13.1. The highest BCUT2D eigenvalue weighted by atomic mass is 16.4. The topological polar surface area (TPSA) is 62.9 Å². The van der Waals surface area contributed by atoms with Gasteiger partial charge in [-0.05, 0) is 48.7 Å². The third-order valence-electron chi connectivity index (χ3n) is 5.52. The van der Waals surface area contributed by atoms with Gasteiger partial charge in [0, 0.05) is 17.0 Å². The van der Waals surface area contributed by atoms with Crippen molar-refractivity contribution in [2.75, 3.05) is 4.90 Å². The van der Waals surface area contributed by atoms with Crippen molar-refractivity contribution in [3.63, 3.8) is 0 Å². The lowest BCUT2D eigenvalue weighted by Crippen LogP contribution is -2.28. The summed E-state index contributed by atoms with van der Waals surface area (Å²) in [5.41, 5.74) is 4.85. The van der Waals surface area contributed by atoms with Crippen LogP contribution in [0.1, 0.15) is 22.3 Å². The van der Waals surface area contributed by atoms with Gasteiger partial charge in [-0.25, -0.2) is 4.79 Å². The average molecular weight is 420 g/mol. The van der Waals surface area contributed by atoms with Gasteiger partial charge in [-0.15, -0.1) is 0 Å². The molecule has 3 aromatic carbocycles. The minimum atomic E-state index is -0.380. The first kappa shape index (κ1) is 19.7. The van der Waals surface area contributed by atoms with Crippen molar-refractivity contribution in [2.24, 2.45) is 4.99 Å². The number of aliphatic imine (C=N–C) groups is 1. The molecule has 2 heterocycles. The average Bonchev–Trinajstić information content (AvgIpc) is 3.10. The predicted octanol–water partition coefficient (Wildman–Crippen LogP) is 5.24. The van der Waals surface area contributed by atoms with Gasteiger partial charge in [0.2, 0.25) is 0 Å². The van der Waals surface area contributed by atoms with Crippen LogP contribution in [-0.4, -0.2) is 11.7 Å². The molecule has 1 aliphatic heterocycles. The molecular weight excluding hydrogens is 400 g/mol. The van der Waals surface area contributed by atoms with Gasteiger partial charge in [0.15, 0.2) is 0 Å². The highest BCUT2D eigenvalue weighted by molar-refractivity contribution is 6.28. The van der Waals surface area contributed by atoms with Crippen molar-refractivity contribution in [3.05, 3.63) is 117 Å². The Kier molecular flexibility index (Phi) is 4.79. The Morgan fingerprint density at radius 3 is 2.25 bits per heavy atom. The second-order valence-corrected chi connectivity index (χ2v) is 7.77. The molecule has 0 spiro atoms. The molecule has 5 rings (SSSR count). The van der Waals surface area contributed by atoms with Crippen LogP contribution in [-0.2, 0) is 4.79 Å². The number of hydrogen-bond donors (Lipinski definition) is 0. The molecule has 156 valence electrons. The van der Waals surface area contributed by atoms with Gasteiger partial charge in [0.25, 0.3) is 5.91 Å². The summed E-state index contributed by atoms with van der Waals surface area (Å²) >= 11 is 0. The molecule has 0 unspecified atom stereocenters. The van der Waals surface area contributed by atoms with E-state index in [1.807, 2.05) is 97.6 Å². The van der Waals surface area contributed by atoms with Gasteiger partial charge >= 0.3 is 5.63 Å². The molecular formula is C27H20N2O3. The van der Waals surface area contributed by atoms with Crippen molar-refractivity contribution in [2.45, 2.75) is 13.8 Å². The number of hydrogen-bond acceptors (Lipinski definition) is 4. The van der Waals surface area contributed by atoms with Crippen LogP contribution in [0.25, 0.3) is 17.0 Å². The van der Waals surface area contributed by atoms with Crippen LogP contribution in [0, 0.1) is 13.8 Å². The van der Waals surface area contributed by atoms with Crippen LogP contribution in [0.4, 0.5) is 5.69 Å². The fourth-order valence-corrected chi connectivity index (χ4v) is 3.97. The number of aryl methyl sites for hydroxylation is 2. The molecule has 4 aromatic rings. The van der Waals surface area contributed by atoms with Crippen molar-refractivity contribution in [1.29, 1.82) is 0 Å². The van der Waals surface area contributed by atoms with Gasteiger partial charge in [-0.1, -0.05) is 60.7 Å². The number of carbonyl (C=O) groups excluding carboxylic acids is 1. The summed E-state index contributed by atoms with van der Waals surface area (Å²) in [5.74, 6) is 0.263. The standard InChI is InChI=1S/C27H20N2O3/c1-17-14-25(30)32-24-13-18(2)22(16-21(17)24)29-23(15-19-9-5-3-6-10-19)27(31)28-26(29)20-11-7-4-8-12-20/h3-16H,1-2H3/b23-15+. The molecule has 0 atom stereocenters. The Labute approximate surface area is 185 Å². The summed E-state index contributed by atoms with van der Waals surface area (Å²) < 4.78 is 5.41. The van der Waals surface area contributed by atoms with E-state index in [9.17, 15) is 9.59 Å². The summed E-state index contributed by atoms with van der Waals surface area (Å²) in [7, 11) is 0. The Morgan fingerprint density at radius 1 is 0.844 bits per heavy atom. The van der Waals surface area contributed by atoms with E-state index in [-0.39, 0.29) is 11.5 Å². The monoisotopic (exact) mass is 420 g/mol. The second kappa shape index (κ2) is 7.78. The van der Waals surface area contributed by atoms with E-state index in [1.54, 1.807) is 0 Å². The minimum absolute atomic E-state index is 0.302. The van der Waals surface area contributed by atoms with Gasteiger partial charge in [-0.3, -0.25) is 9.69 Å². The normalized spacial score (nSPS) is 14.9. The van der Waals surface area contributed by atoms with Crippen LogP contribution in [0.3, 0.4) is 0 Å². The van der Waals surface area contributed by atoms with Crippen molar-refractivity contribution < 1.29 is 9.21 Å². The number of rotatable bonds is 3. The molecule has 0 fully saturated rings. The molecule has 32 heavy (non-hydrogen) atoms. The van der Waals surface area contributed by atoms with Crippen molar-refractivity contribution in [3.8, 4) is 0 Å². The van der Waals surface area contributed by atoms with Crippen LogP contribution < -0.4 is 10.5 Å². The Bertz CT molecular complexity index is 1470. The zero-order valence-electron chi connectivity index (χ0n) is 17.7. The van der Waals surface area contributed by atoms with E-state index in [2.05, 4.69) is 4.99 Å². The number of carbonyl (C=O) groups is 1. The fraction of sp³-hybridized carbons (Fsp3) is 0.0741. The SMILES string of the molecule is Cc1cc2oc(=O)cc(C)c2cc1N1C(c2ccccc2)=NC(=O)/C1=C\c1ccccc1. The van der Waals surface area contributed by atoms with Crippen LogP contribution in [0.2, 0.25) is 0 Å². The lowest BCUT2D eigenvalue weighted by Gasteiger charge is -2.24. The number of fused-ring (bicyclic) bond motifs is 1. The van der Waals surface area contributed by atoms with Crippen molar-refractivity contribution in [1.82, 2.24) is 0 Å². The van der Waals surface area contributed by atoms with Gasteiger partial charge in [-0.2, -0.15) is 4.99 Å². The van der Waals surface area contributed by atoms with Crippen LogP contribution in [0.5, 0.6) is 0 Å². The molecule has 0 saturated heterocycles. The zero-order valence-corrected chi connectivity index (χ0v) is 17.7. The first-order valence-corrected chi connectivity index (χ1v) is 10.3. The quantitative estimate of drug-likeness (QED) is 0.336. The molecule has 0 N–H and O–H groups in total. The van der Waals surface area contributed by atoms with E-state index in [1.165, 1.54) is 6.07 Å². The number of anilines is 1. The largest absolute Gasteiger partial charge is 0.423 e. The van der Waals surface area contributed by atoms with Crippen LogP contribution >= 0.6 is 0 Å². The lowest BCUT2D eigenvalue weighted by atomic mass is 10.0. The third kappa shape index (κ3) is 3.44. The van der Waals surface area contributed by atoms with Gasteiger partial charge in [0.05, 0.1) is 5.69 Å². The molecule has 1 aromatic heterocycles. The number of nitrogens with zero attached hydrogens (tertiary/aromatic N) is 2. The summed E-state index contributed by atoms with van der Waals surface area (Å²) in [6, 6.07) is 24.6. The molecule has 0 radical (unpaired) electrons. The van der Waals surface area contributed by atoms with E-state index < -0.39 is 0 Å². The molecule has 5 nitrogen and oxygen atoms in total.